The fraction of sp³-hybridized carbons (Fsp3) is 0.458. The number of benzene rings is 2. The van der Waals surface area contributed by atoms with Gasteiger partial charge in [-0.1, -0.05) is 42.5 Å². The van der Waals surface area contributed by atoms with E-state index in [1.54, 1.807) is 0 Å². The third-order valence-corrected chi connectivity index (χ3v) is 5.96. The van der Waals surface area contributed by atoms with E-state index in [9.17, 15) is 4.79 Å². The Balaban J connectivity index is 1.25. The van der Waals surface area contributed by atoms with Gasteiger partial charge in [0.25, 0.3) is 5.91 Å². The number of hydrogen-bond donors (Lipinski definition) is 0. The first-order chi connectivity index (χ1) is 13.8. The van der Waals surface area contributed by atoms with E-state index in [2.05, 4.69) is 52.3 Å². The number of carbonyl (C=O) groups is 1. The van der Waals surface area contributed by atoms with Gasteiger partial charge in [-0.2, -0.15) is 0 Å². The summed E-state index contributed by atoms with van der Waals surface area (Å²) in [5.74, 6) is 0.195. The molecule has 2 fully saturated rings. The normalized spacial score (nSPS) is 18.9. The number of rotatable bonds is 5. The van der Waals surface area contributed by atoms with Crippen LogP contribution in [0.25, 0.3) is 0 Å². The first-order valence-corrected chi connectivity index (χ1v) is 10.6. The number of likely N-dealkylation sites (tertiary alicyclic amines) is 1. The maximum Gasteiger partial charge on any atom is 0.253 e. The van der Waals surface area contributed by atoms with E-state index in [4.69, 9.17) is 0 Å². The Morgan fingerprint density at radius 3 is 1.75 bits per heavy atom. The lowest BCUT2D eigenvalue weighted by Gasteiger charge is -2.34. The van der Waals surface area contributed by atoms with E-state index in [0.29, 0.717) is 0 Å². The maximum atomic E-state index is 12.6. The van der Waals surface area contributed by atoms with Crippen LogP contribution in [0.4, 0.5) is 0 Å². The SMILES string of the molecule is O=C(c1ccc(CN2CCN(Cc3ccccc3)CC2)cc1)N1CCCCC1. The average Bonchev–Trinajstić information content (AvgIpc) is 2.76. The fourth-order valence-electron chi connectivity index (χ4n) is 4.24. The quantitative estimate of drug-likeness (QED) is 0.796. The van der Waals surface area contributed by atoms with Gasteiger partial charge in [-0.3, -0.25) is 14.6 Å². The number of nitrogens with zero attached hydrogens (tertiary/aromatic N) is 3. The lowest BCUT2D eigenvalue weighted by Crippen LogP contribution is -2.45. The summed E-state index contributed by atoms with van der Waals surface area (Å²) >= 11 is 0. The Hall–Kier alpha value is -2.17. The Kier molecular flexibility index (Phi) is 6.40. The van der Waals surface area contributed by atoms with Crippen molar-refractivity contribution in [1.29, 1.82) is 0 Å². The molecule has 0 N–H and O–H groups in total. The van der Waals surface area contributed by atoms with E-state index in [0.717, 1.165) is 70.8 Å². The fourth-order valence-corrected chi connectivity index (χ4v) is 4.24. The highest BCUT2D eigenvalue weighted by Gasteiger charge is 2.19. The molecule has 148 valence electrons. The van der Waals surface area contributed by atoms with Crippen molar-refractivity contribution < 1.29 is 4.79 Å². The Bertz CT molecular complexity index is 745. The van der Waals surface area contributed by atoms with Gasteiger partial charge in [0.1, 0.15) is 0 Å². The molecule has 0 atom stereocenters. The van der Waals surface area contributed by atoms with Crippen LogP contribution in [0.1, 0.15) is 40.7 Å². The van der Waals surface area contributed by atoms with Crippen LogP contribution >= 0.6 is 0 Å². The van der Waals surface area contributed by atoms with Gasteiger partial charge in [-0.15, -0.1) is 0 Å². The zero-order valence-corrected chi connectivity index (χ0v) is 16.7. The summed E-state index contributed by atoms with van der Waals surface area (Å²) in [6, 6.07) is 19.0. The van der Waals surface area contributed by atoms with Crippen molar-refractivity contribution in [2.75, 3.05) is 39.3 Å². The third kappa shape index (κ3) is 5.00. The second-order valence-electron chi connectivity index (χ2n) is 8.09. The maximum absolute atomic E-state index is 12.6. The summed E-state index contributed by atoms with van der Waals surface area (Å²) < 4.78 is 0. The minimum absolute atomic E-state index is 0.195. The van der Waals surface area contributed by atoms with Crippen LogP contribution < -0.4 is 0 Å². The van der Waals surface area contributed by atoms with Gasteiger partial charge in [-0.05, 0) is 42.5 Å². The molecule has 0 aromatic heterocycles. The summed E-state index contributed by atoms with van der Waals surface area (Å²) in [5, 5.41) is 0. The Labute approximate surface area is 168 Å². The van der Waals surface area contributed by atoms with E-state index in [-0.39, 0.29) is 5.91 Å². The molecule has 0 saturated carbocycles. The van der Waals surface area contributed by atoms with Gasteiger partial charge < -0.3 is 4.90 Å². The second-order valence-corrected chi connectivity index (χ2v) is 8.09. The van der Waals surface area contributed by atoms with Crippen LogP contribution in [0.2, 0.25) is 0 Å². The van der Waals surface area contributed by atoms with Crippen molar-refractivity contribution >= 4 is 5.91 Å². The Morgan fingerprint density at radius 2 is 1.18 bits per heavy atom. The molecule has 2 heterocycles. The molecule has 0 spiro atoms. The number of amides is 1. The lowest BCUT2D eigenvalue weighted by molar-refractivity contribution is 0.0724. The van der Waals surface area contributed by atoms with E-state index < -0.39 is 0 Å². The van der Waals surface area contributed by atoms with Crippen LogP contribution in [0.5, 0.6) is 0 Å². The van der Waals surface area contributed by atoms with Crippen LogP contribution in [0, 0.1) is 0 Å². The summed E-state index contributed by atoms with van der Waals surface area (Å²) in [6.07, 6.45) is 3.53. The van der Waals surface area contributed by atoms with Gasteiger partial charge >= 0.3 is 0 Å². The molecule has 2 aliphatic heterocycles. The van der Waals surface area contributed by atoms with Gasteiger partial charge in [0.15, 0.2) is 0 Å². The zero-order chi connectivity index (χ0) is 19.2. The lowest BCUT2D eigenvalue weighted by atomic mass is 10.1. The van der Waals surface area contributed by atoms with Crippen molar-refractivity contribution in [1.82, 2.24) is 14.7 Å². The summed E-state index contributed by atoms with van der Waals surface area (Å²) in [5.41, 5.74) is 3.52. The molecule has 2 saturated heterocycles. The first kappa shape index (κ1) is 19.2. The molecule has 28 heavy (non-hydrogen) atoms. The third-order valence-electron chi connectivity index (χ3n) is 5.96. The monoisotopic (exact) mass is 377 g/mol. The largest absolute Gasteiger partial charge is 0.339 e. The van der Waals surface area contributed by atoms with E-state index >= 15 is 0 Å². The zero-order valence-electron chi connectivity index (χ0n) is 16.7. The molecule has 0 radical (unpaired) electrons. The molecular formula is C24H31N3O. The predicted octanol–water partition coefficient (Wildman–Crippen LogP) is 3.63. The van der Waals surface area contributed by atoms with Gasteiger partial charge in [0.2, 0.25) is 0 Å². The van der Waals surface area contributed by atoms with Crippen LogP contribution in [0.3, 0.4) is 0 Å². The summed E-state index contributed by atoms with van der Waals surface area (Å²) in [4.78, 5) is 19.7. The second kappa shape index (κ2) is 9.35. The molecule has 2 aromatic rings. The molecule has 0 aliphatic carbocycles. The molecule has 4 heteroatoms. The van der Waals surface area contributed by atoms with Crippen molar-refractivity contribution in [3.63, 3.8) is 0 Å². The highest BCUT2D eigenvalue weighted by molar-refractivity contribution is 5.94. The first-order valence-electron chi connectivity index (χ1n) is 10.6. The molecule has 0 unspecified atom stereocenters. The highest BCUT2D eigenvalue weighted by atomic mass is 16.2. The van der Waals surface area contributed by atoms with Crippen molar-refractivity contribution in [3.8, 4) is 0 Å². The summed E-state index contributed by atoms with van der Waals surface area (Å²) in [7, 11) is 0. The van der Waals surface area contributed by atoms with E-state index in [1.165, 1.54) is 17.5 Å². The average molecular weight is 378 g/mol. The standard InChI is InChI=1S/C24H31N3O/c28-24(27-13-5-2-6-14-27)23-11-9-22(10-12-23)20-26-17-15-25(16-18-26)19-21-7-3-1-4-8-21/h1,3-4,7-12H,2,5-6,13-20H2. The number of piperazine rings is 1. The molecule has 2 aliphatic rings. The number of piperidine rings is 1. The van der Waals surface area contributed by atoms with Crippen LogP contribution in [-0.4, -0.2) is 59.9 Å². The molecule has 2 aromatic carbocycles. The number of carbonyl (C=O) groups excluding carboxylic acids is 1. The number of hydrogen-bond acceptors (Lipinski definition) is 3. The Morgan fingerprint density at radius 1 is 0.643 bits per heavy atom. The van der Waals surface area contributed by atoms with Gasteiger partial charge in [0, 0.05) is 57.9 Å². The smallest absolute Gasteiger partial charge is 0.253 e. The minimum Gasteiger partial charge on any atom is -0.339 e. The molecular weight excluding hydrogens is 346 g/mol. The topological polar surface area (TPSA) is 26.8 Å². The molecule has 0 bridgehead atoms. The molecule has 4 rings (SSSR count). The van der Waals surface area contributed by atoms with Crippen LogP contribution in [0.15, 0.2) is 54.6 Å². The molecule has 1 amide bonds. The van der Waals surface area contributed by atoms with Crippen molar-refractivity contribution in [3.05, 3.63) is 71.3 Å². The summed E-state index contributed by atoms with van der Waals surface area (Å²) in [6.45, 7) is 8.25. The van der Waals surface area contributed by atoms with E-state index in [1.807, 2.05) is 17.0 Å². The molecule has 4 nitrogen and oxygen atoms in total. The van der Waals surface area contributed by atoms with Gasteiger partial charge in [-0.25, -0.2) is 0 Å². The van der Waals surface area contributed by atoms with Gasteiger partial charge in [0.05, 0.1) is 0 Å². The van der Waals surface area contributed by atoms with Crippen LogP contribution in [-0.2, 0) is 13.1 Å². The van der Waals surface area contributed by atoms with Crippen molar-refractivity contribution in [2.45, 2.75) is 32.4 Å². The minimum atomic E-state index is 0.195. The predicted molar refractivity (Wildman–Crippen MR) is 113 cm³/mol. The van der Waals surface area contributed by atoms with Crippen molar-refractivity contribution in [2.24, 2.45) is 0 Å². The highest BCUT2D eigenvalue weighted by Crippen LogP contribution is 2.16.